The van der Waals surface area contributed by atoms with E-state index < -0.39 is 11.7 Å². The van der Waals surface area contributed by atoms with Crippen LogP contribution in [0.4, 0.5) is 13.2 Å². The Labute approximate surface area is 173 Å². The number of carbonyl (C=O) groups is 1. The molecule has 2 fully saturated rings. The molecule has 1 amide bonds. The molecule has 2 saturated heterocycles. The lowest BCUT2D eigenvalue weighted by molar-refractivity contribution is -0.137. The first-order valence-electron chi connectivity index (χ1n) is 10.4. The molecule has 1 aromatic carbocycles. The maximum atomic E-state index is 13.3. The number of likely N-dealkylation sites (tertiary alicyclic amines) is 2. The van der Waals surface area contributed by atoms with E-state index in [1.165, 1.54) is 18.2 Å². The molecule has 0 saturated carbocycles. The zero-order valence-electron chi connectivity index (χ0n) is 16.9. The van der Waals surface area contributed by atoms with Crippen molar-refractivity contribution in [3.05, 3.63) is 35.7 Å². The molecule has 0 spiro atoms. The number of carbonyl (C=O) groups excluding carboxylic acids is 1. The van der Waals surface area contributed by atoms with Gasteiger partial charge in [0.05, 0.1) is 17.7 Å². The Kier molecular flexibility index (Phi) is 5.81. The SMILES string of the molecule is CCC(=O)N1CCC[C@H]1[C@@H]1CCCN1Cc1nnc(-c2ccccc2C(F)(F)F)o1. The molecule has 2 aliphatic rings. The highest BCUT2D eigenvalue weighted by atomic mass is 19.4. The van der Waals surface area contributed by atoms with Crippen molar-refractivity contribution in [2.24, 2.45) is 0 Å². The molecule has 0 radical (unpaired) electrons. The summed E-state index contributed by atoms with van der Waals surface area (Å²) in [4.78, 5) is 16.5. The number of benzene rings is 1. The average Bonchev–Trinajstić information content (AvgIpc) is 3.47. The number of hydrogen-bond donors (Lipinski definition) is 0. The van der Waals surface area contributed by atoms with Gasteiger partial charge in [0, 0.05) is 25.0 Å². The van der Waals surface area contributed by atoms with Crippen LogP contribution in [0.15, 0.2) is 28.7 Å². The second-order valence-corrected chi connectivity index (χ2v) is 7.87. The van der Waals surface area contributed by atoms with Crippen molar-refractivity contribution in [1.29, 1.82) is 0 Å². The zero-order valence-corrected chi connectivity index (χ0v) is 16.9. The van der Waals surface area contributed by atoms with Gasteiger partial charge in [0.1, 0.15) is 0 Å². The third kappa shape index (κ3) is 4.08. The summed E-state index contributed by atoms with van der Waals surface area (Å²) in [7, 11) is 0. The van der Waals surface area contributed by atoms with Gasteiger partial charge in [-0.05, 0) is 44.4 Å². The molecule has 4 rings (SSSR count). The van der Waals surface area contributed by atoms with Crippen LogP contribution in [0.1, 0.15) is 50.5 Å². The molecule has 2 aliphatic heterocycles. The van der Waals surface area contributed by atoms with Crippen molar-refractivity contribution in [1.82, 2.24) is 20.0 Å². The maximum Gasteiger partial charge on any atom is 0.417 e. The lowest BCUT2D eigenvalue weighted by Crippen LogP contribution is -2.47. The Balaban J connectivity index is 1.51. The molecule has 0 bridgehead atoms. The molecule has 30 heavy (non-hydrogen) atoms. The third-order valence-electron chi connectivity index (χ3n) is 6.05. The number of amides is 1. The number of rotatable bonds is 5. The van der Waals surface area contributed by atoms with Gasteiger partial charge in [0.25, 0.3) is 0 Å². The van der Waals surface area contributed by atoms with Crippen LogP contribution >= 0.6 is 0 Å². The van der Waals surface area contributed by atoms with Crippen LogP contribution in [0.5, 0.6) is 0 Å². The Morgan fingerprint density at radius 1 is 1.13 bits per heavy atom. The van der Waals surface area contributed by atoms with E-state index in [2.05, 4.69) is 15.1 Å². The minimum atomic E-state index is -4.50. The fourth-order valence-corrected chi connectivity index (χ4v) is 4.71. The van der Waals surface area contributed by atoms with Crippen LogP contribution in [-0.2, 0) is 17.5 Å². The topological polar surface area (TPSA) is 62.5 Å². The van der Waals surface area contributed by atoms with Gasteiger partial charge in [0.15, 0.2) is 0 Å². The quantitative estimate of drug-likeness (QED) is 0.725. The van der Waals surface area contributed by atoms with Crippen LogP contribution in [0.25, 0.3) is 11.5 Å². The molecule has 9 heteroatoms. The molecule has 162 valence electrons. The van der Waals surface area contributed by atoms with Crippen LogP contribution in [0, 0.1) is 0 Å². The lowest BCUT2D eigenvalue weighted by atomic mass is 10.0. The maximum absolute atomic E-state index is 13.3. The molecular weight excluding hydrogens is 397 g/mol. The minimum absolute atomic E-state index is 0.114. The van der Waals surface area contributed by atoms with Crippen LogP contribution in [0.2, 0.25) is 0 Å². The Hall–Kier alpha value is -2.42. The highest BCUT2D eigenvalue weighted by Gasteiger charge is 2.40. The van der Waals surface area contributed by atoms with Gasteiger partial charge in [-0.2, -0.15) is 13.2 Å². The molecule has 0 N–H and O–H groups in total. The van der Waals surface area contributed by atoms with Gasteiger partial charge in [-0.1, -0.05) is 19.1 Å². The van der Waals surface area contributed by atoms with E-state index >= 15 is 0 Å². The second-order valence-electron chi connectivity index (χ2n) is 7.87. The zero-order chi connectivity index (χ0) is 21.3. The normalized spacial score (nSPS) is 22.7. The minimum Gasteiger partial charge on any atom is -0.419 e. The van der Waals surface area contributed by atoms with E-state index in [1.807, 2.05) is 11.8 Å². The third-order valence-corrected chi connectivity index (χ3v) is 6.05. The summed E-state index contributed by atoms with van der Waals surface area (Å²) in [5, 5.41) is 7.88. The molecule has 0 unspecified atom stereocenters. The van der Waals surface area contributed by atoms with Gasteiger partial charge < -0.3 is 9.32 Å². The molecule has 1 aromatic heterocycles. The van der Waals surface area contributed by atoms with E-state index in [-0.39, 0.29) is 29.4 Å². The summed E-state index contributed by atoms with van der Waals surface area (Å²) in [5.41, 5.74) is -0.906. The highest BCUT2D eigenvalue weighted by Crippen LogP contribution is 2.37. The largest absolute Gasteiger partial charge is 0.419 e. The first-order chi connectivity index (χ1) is 14.4. The van der Waals surface area contributed by atoms with Crippen LogP contribution < -0.4 is 0 Å². The van der Waals surface area contributed by atoms with Crippen LogP contribution in [0.3, 0.4) is 0 Å². The molecule has 2 atom stereocenters. The summed E-state index contributed by atoms with van der Waals surface area (Å²) >= 11 is 0. The summed E-state index contributed by atoms with van der Waals surface area (Å²) in [5.74, 6) is 0.339. The fraction of sp³-hybridized carbons (Fsp3) is 0.571. The molecule has 6 nitrogen and oxygen atoms in total. The van der Waals surface area contributed by atoms with Gasteiger partial charge in [-0.25, -0.2) is 0 Å². The molecule has 3 heterocycles. The van der Waals surface area contributed by atoms with E-state index in [0.717, 1.165) is 44.8 Å². The van der Waals surface area contributed by atoms with E-state index in [9.17, 15) is 18.0 Å². The predicted octanol–water partition coefficient (Wildman–Crippen LogP) is 4.12. The smallest absolute Gasteiger partial charge is 0.417 e. The summed E-state index contributed by atoms with van der Waals surface area (Å²) < 4.78 is 45.5. The monoisotopic (exact) mass is 422 g/mol. The van der Waals surface area contributed by atoms with Gasteiger partial charge in [-0.3, -0.25) is 9.69 Å². The first kappa shape index (κ1) is 20.8. The Morgan fingerprint density at radius 3 is 2.63 bits per heavy atom. The Morgan fingerprint density at radius 2 is 1.87 bits per heavy atom. The Bertz CT molecular complexity index is 898. The lowest BCUT2D eigenvalue weighted by Gasteiger charge is -2.34. The van der Waals surface area contributed by atoms with Crippen molar-refractivity contribution >= 4 is 5.91 Å². The van der Waals surface area contributed by atoms with Gasteiger partial charge >= 0.3 is 6.18 Å². The number of alkyl halides is 3. The standard InChI is InChI=1S/C21H25F3N4O2/c1-2-19(29)28-12-6-10-17(28)16-9-5-11-27(16)13-18-25-26-20(30-18)14-7-3-4-8-15(14)21(22,23)24/h3-4,7-8,16-17H,2,5-6,9-13H2,1H3/t16-,17-/m0/s1. The number of nitrogens with zero attached hydrogens (tertiary/aromatic N) is 4. The summed E-state index contributed by atoms with van der Waals surface area (Å²) in [6, 6.07) is 5.59. The van der Waals surface area contributed by atoms with E-state index in [4.69, 9.17) is 4.42 Å². The number of hydrogen-bond acceptors (Lipinski definition) is 5. The number of halogens is 3. The van der Waals surface area contributed by atoms with Crippen molar-refractivity contribution in [2.45, 2.75) is 63.8 Å². The van der Waals surface area contributed by atoms with Crippen molar-refractivity contribution in [2.75, 3.05) is 13.1 Å². The fourth-order valence-electron chi connectivity index (χ4n) is 4.71. The van der Waals surface area contributed by atoms with Gasteiger partial charge in [-0.15, -0.1) is 10.2 Å². The molecule has 2 aromatic rings. The van der Waals surface area contributed by atoms with Gasteiger partial charge in [0.2, 0.25) is 17.7 Å². The number of aromatic nitrogens is 2. The average molecular weight is 422 g/mol. The van der Waals surface area contributed by atoms with Crippen molar-refractivity contribution in [3.8, 4) is 11.5 Å². The second kappa shape index (κ2) is 8.37. The van der Waals surface area contributed by atoms with Crippen molar-refractivity contribution in [3.63, 3.8) is 0 Å². The summed E-state index contributed by atoms with van der Waals surface area (Å²) in [6.45, 7) is 3.88. The summed E-state index contributed by atoms with van der Waals surface area (Å²) in [6.07, 6.45) is -0.0399. The van der Waals surface area contributed by atoms with Crippen LogP contribution in [-0.4, -0.2) is 51.1 Å². The highest BCUT2D eigenvalue weighted by molar-refractivity contribution is 5.76. The first-order valence-corrected chi connectivity index (χ1v) is 10.4. The van der Waals surface area contributed by atoms with E-state index in [1.54, 1.807) is 0 Å². The van der Waals surface area contributed by atoms with E-state index in [0.29, 0.717) is 18.9 Å². The predicted molar refractivity (Wildman–Crippen MR) is 103 cm³/mol. The molecule has 0 aliphatic carbocycles. The van der Waals surface area contributed by atoms with Crippen molar-refractivity contribution < 1.29 is 22.4 Å². The molecular formula is C21H25F3N4O2.